The van der Waals surface area contributed by atoms with Crippen molar-refractivity contribution in [1.82, 2.24) is 0 Å². The lowest BCUT2D eigenvalue weighted by molar-refractivity contribution is 0.292. The molecule has 3 aromatic carbocycles. The fourth-order valence-electron chi connectivity index (χ4n) is 4.79. The third kappa shape index (κ3) is 2.40. The van der Waals surface area contributed by atoms with Gasteiger partial charge < -0.3 is 10.1 Å². The maximum atomic E-state index is 6.09. The molecule has 5 rings (SSSR count). The van der Waals surface area contributed by atoms with Crippen LogP contribution in [0.15, 0.2) is 54.6 Å². The van der Waals surface area contributed by atoms with Crippen molar-refractivity contribution < 1.29 is 4.74 Å². The molecule has 1 aliphatic carbocycles. The number of rotatable bonds is 2. The molecule has 0 aromatic heterocycles. The summed E-state index contributed by atoms with van der Waals surface area (Å²) in [5.74, 6) is 0.999. The summed E-state index contributed by atoms with van der Waals surface area (Å²) in [5.41, 5.74) is 10.3. The van der Waals surface area contributed by atoms with Gasteiger partial charge in [-0.25, -0.2) is 0 Å². The molecule has 142 valence electrons. The van der Waals surface area contributed by atoms with Crippen LogP contribution in [0, 0.1) is 6.92 Å². The molecule has 3 aromatic rings. The van der Waals surface area contributed by atoms with Gasteiger partial charge in [0.1, 0.15) is 5.75 Å². The predicted molar refractivity (Wildman–Crippen MR) is 117 cm³/mol. The summed E-state index contributed by atoms with van der Waals surface area (Å²) in [6, 6.07) is 20.0. The van der Waals surface area contributed by atoms with E-state index in [2.05, 4.69) is 94.5 Å². The van der Waals surface area contributed by atoms with Crippen LogP contribution in [0.1, 0.15) is 49.9 Å². The van der Waals surface area contributed by atoms with E-state index >= 15 is 0 Å². The molecule has 0 fully saturated rings. The molecular formula is C26H27NO. The van der Waals surface area contributed by atoms with Crippen molar-refractivity contribution in [3.05, 3.63) is 76.9 Å². The molecule has 0 saturated heterocycles. The summed E-state index contributed by atoms with van der Waals surface area (Å²) in [5, 5.41) is 3.65. The molecule has 0 spiro atoms. The number of nitrogens with one attached hydrogen (secondary N) is 1. The normalized spacial score (nSPS) is 17.5. The topological polar surface area (TPSA) is 21.3 Å². The van der Waals surface area contributed by atoms with E-state index in [1.807, 2.05) is 0 Å². The molecule has 2 aliphatic rings. The molecule has 0 saturated carbocycles. The van der Waals surface area contributed by atoms with Gasteiger partial charge in [-0.15, -0.1) is 0 Å². The number of hydrogen-bond donors (Lipinski definition) is 1. The van der Waals surface area contributed by atoms with E-state index in [0.717, 1.165) is 23.7 Å². The van der Waals surface area contributed by atoms with E-state index in [1.54, 1.807) is 0 Å². The van der Waals surface area contributed by atoms with Crippen LogP contribution >= 0.6 is 0 Å². The Kier molecular flexibility index (Phi) is 3.49. The number of benzene rings is 3. The van der Waals surface area contributed by atoms with Crippen LogP contribution in [0.4, 0.5) is 11.4 Å². The second-order valence-corrected chi connectivity index (χ2v) is 9.42. The fraction of sp³-hybridized carbons (Fsp3) is 0.308. The fourth-order valence-corrected chi connectivity index (χ4v) is 4.79. The maximum absolute atomic E-state index is 6.09. The Morgan fingerprint density at radius 1 is 0.821 bits per heavy atom. The molecule has 0 bridgehead atoms. The van der Waals surface area contributed by atoms with Crippen molar-refractivity contribution in [2.45, 2.75) is 45.4 Å². The first kappa shape index (κ1) is 17.4. The Morgan fingerprint density at radius 2 is 1.57 bits per heavy atom. The highest BCUT2D eigenvalue weighted by Gasteiger charge is 2.36. The van der Waals surface area contributed by atoms with Gasteiger partial charge in [0, 0.05) is 22.1 Å². The SMILES string of the molecule is Cc1cc(Nc2ccc3c(c2)C(C)(C)c2ccccc2-3)c2c(c1)C(C)(C)CO2. The van der Waals surface area contributed by atoms with Crippen molar-refractivity contribution in [3.8, 4) is 16.9 Å². The summed E-state index contributed by atoms with van der Waals surface area (Å²) in [6.45, 7) is 12.0. The lowest BCUT2D eigenvalue weighted by Gasteiger charge is -2.22. The molecule has 28 heavy (non-hydrogen) atoms. The van der Waals surface area contributed by atoms with Gasteiger partial charge in [0.15, 0.2) is 0 Å². The summed E-state index contributed by atoms with van der Waals surface area (Å²) in [7, 11) is 0. The van der Waals surface area contributed by atoms with E-state index in [-0.39, 0.29) is 10.8 Å². The van der Waals surface area contributed by atoms with Gasteiger partial charge >= 0.3 is 0 Å². The summed E-state index contributed by atoms with van der Waals surface area (Å²) in [6.07, 6.45) is 0. The van der Waals surface area contributed by atoms with Gasteiger partial charge in [-0.2, -0.15) is 0 Å². The molecule has 2 nitrogen and oxygen atoms in total. The van der Waals surface area contributed by atoms with E-state index in [1.165, 1.54) is 33.4 Å². The average Bonchev–Trinajstić information content (AvgIpc) is 3.07. The minimum Gasteiger partial charge on any atom is -0.490 e. The van der Waals surface area contributed by atoms with E-state index in [0.29, 0.717) is 0 Å². The maximum Gasteiger partial charge on any atom is 0.146 e. The molecule has 1 N–H and O–H groups in total. The number of fused-ring (bicyclic) bond motifs is 4. The highest BCUT2D eigenvalue weighted by atomic mass is 16.5. The smallest absolute Gasteiger partial charge is 0.146 e. The Balaban J connectivity index is 1.57. The lowest BCUT2D eigenvalue weighted by atomic mass is 9.82. The van der Waals surface area contributed by atoms with Crippen LogP contribution in [0.3, 0.4) is 0 Å². The zero-order valence-corrected chi connectivity index (χ0v) is 17.3. The Labute approximate surface area is 167 Å². The highest BCUT2D eigenvalue weighted by molar-refractivity contribution is 5.83. The van der Waals surface area contributed by atoms with Crippen LogP contribution in [-0.2, 0) is 10.8 Å². The molecule has 0 radical (unpaired) electrons. The molecule has 2 heteroatoms. The van der Waals surface area contributed by atoms with E-state index in [9.17, 15) is 0 Å². The van der Waals surface area contributed by atoms with E-state index in [4.69, 9.17) is 4.74 Å². The van der Waals surface area contributed by atoms with Gasteiger partial charge in [-0.3, -0.25) is 0 Å². The first-order chi connectivity index (χ1) is 13.3. The Morgan fingerprint density at radius 3 is 2.39 bits per heavy atom. The van der Waals surface area contributed by atoms with Crippen LogP contribution < -0.4 is 10.1 Å². The van der Waals surface area contributed by atoms with Crippen LogP contribution in [0.25, 0.3) is 11.1 Å². The highest BCUT2D eigenvalue weighted by Crippen LogP contribution is 2.50. The number of anilines is 2. The van der Waals surface area contributed by atoms with Crippen molar-refractivity contribution in [2.75, 3.05) is 11.9 Å². The number of aryl methyl sites for hydroxylation is 1. The van der Waals surface area contributed by atoms with Crippen LogP contribution in [-0.4, -0.2) is 6.61 Å². The average molecular weight is 370 g/mol. The third-order valence-electron chi connectivity index (χ3n) is 6.40. The molecule has 0 amide bonds. The second-order valence-electron chi connectivity index (χ2n) is 9.42. The summed E-state index contributed by atoms with van der Waals surface area (Å²) < 4.78 is 6.09. The molecular weight excluding hydrogens is 342 g/mol. The Hall–Kier alpha value is -2.74. The largest absolute Gasteiger partial charge is 0.490 e. The first-order valence-corrected chi connectivity index (χ1v) is 10.1. The standard InChI is InChI=1S/C26H27NO/c1-16-12-22-24(28-15-25(22,2)3)23(13-16)27-17-10-11-19-18-8-6-7-9-20(18)26(4,5)21(19)14-17/h6-14,27H,15H2,1-5H3. The van der Waals surface area contributed by atoms with Gasteiger partial charge in [0.25, 0.3) is 0 Å². The van der Waals surface area contributed by atoms with Crippen molar-refractivity contribution in [3.63, 3.8) is 0 Å². The second kappa shape index (κ2) is 5.64. The van der Waals surface area contributed by atoms with Gasteiger partial charge in [-0.05, 0) is 52.9 Å². The van der Waals surface area contributed by atoms with Gasteiger partial charge in [-0.1, -0.05) is 64.1 Å². The molecule has 1 aliphatic heterocycles. The van der Waals surface area contributed by atoms with E-state index < -0.39 is 0 Å². The molecule has 1 heterocycles. The number of hydrogen-bond acceptors (Lipinski definition) is 2. The lowest BCUT2D eigenvalue weighted by Crippen LogP contribution is -2.18. The third-order valence-corrected chi connectivity index (χ3v) is 6.40. The zero-order chi connectivity index (χ0) is 19.7. The van der Waals surface area contributed by atoms with Crippen LogP contribution in [0.5, 0.6) is 5.75 Å². The van der Waals surface area contributed by atoms with Gasteiger partial charge in [0.2, 0.25) is 0 Å². The van der Waals surface area contributed by atoms with Crippen molar-refractivity contribution in [2.24, 2.45) is 0 Å². The predicted octanol–water partition coefficient (Wildman–Crippen LogP) is 6.71. The van der Waals surface area contributed by atoms with Crippen molar-refractivity contribution >= 4 is 11.4 Å². The summed E-state index contributed by atoms with van der Waals surface area (Å²) >= 11 is 0. The van der Waals surface area contributed by atoms with Gasteiger partial charge in [0.05, 0.1) is 12.3 Å². The quantitative estimate of drug-likeness (QED) is 0.542. The monoisotopic (exact) mass is 369 g/mol. The minimum absolute atomic E-state index is 0.0106. The Bertz CT molecular complexity index is 1110. The molecule has 0 atom stereocenters. The minimum atomic E-state index is 0.0106. The number of ether oxygens (including phenoxy) is 1. The zero-order valence-electron chi connectivity index (χ0n) is 17.3. The molecule has 0 unspecified atom stereocenters. The van der Waals surface area contributed by atoms with Crippen LogP contribution in [0.2, 0.25) is 0 Å². The van der Waals surface area contributed by atoms with Crippen molar-refractivity contribution in [1.29, 1.82) is 0 Å². The first-order valence-electron chi connectivity index (χ1n) is 10.1. The summed E-state index contributed by atoms with van der Waals surface area (Å²) in [4.78, 5) is 0.